The lowest BCUT2D eigenvalue weighted by Crippen LogP contribution is -2.59. The number of hydrogen-bond donors (Lipinski definition) is 0. The van der Waals surface area contributed by atoms with Crippen LogP contribution in [0.15, 0.2) is 12.4 Å². The van der Waals surface area contributed by atoms with Crippen LogP contribution in [0, 0.1) is 23.2 Å². The fourth-order valence-electron chi connectivity index (χ4n) is 6.43. The first-order chi connectivity index (χ1) is 10.4. The van der Waals surface area contributed by atoms with E-state index in [1.54, 1.807) is 19.3 Å². The lowest BCUT2D eigenvalue weighted by atomic mass is 9.52. The Balaban J connectivity index is 1.51. The van der Waals surface area contributed by atoms with E-state index in [4.69, 9.17) is 0 Å². The van der Waals surface area contributed by atoms with Crippen LogP contribution in [0.2, 0.25) is 0 Å². The van der Waals surface area contributed by atoms with E-state index in [1.807, 2.05) is 0 Å². The van der Waals surface area contributed by atoms with Crippen LogP contribution >= 0.6 is 8.58 Å². The van der Waals surface area contributed by atoms with Gasteiger partial charge in [0.2, 0.25) is 0 Å². The quantitative estimate of drug-likeness (QED) is 0.697. The third-order valence-electron chi connectivity index (χ3n) is 6.79. The molecule has 0 saturated heterocycles. The van der Waals surface area contributed by atoms with Crippen molar-refractivity contribution in [3.8, 4) is 0 Å². The van der Waals surface area contributed by atoms with E-state index in [2.05, 4.69) is 49.6 Å². The molecular weight excluding hydrogens is 287 g/mol. The SMILES string of the molecule is CPC(N1C=CN(C23CC4CC(CC(C4)C2)C3)C1)C(C)(C)C. The normalized spacial score (nSPS) is 42.1. The van der Waals surface area contributed by atoms with Crippen LogP contribution in [0.1, 0.15) is 59.3 Å². The van der Waals surface area contributed by atoms with Crippen molar-refractivity contribution in [1.82, 2.24) is 9.80 Å². The molecule has 0 aromatic heterocycles. The fourth-order valence-corrected chi connectivity index (χ4v) is 7.79. The average Bonchev–Trinajstić information content (AvgIpc) is 2.86. The summed E-state index contributed by atoms with van der Waals surface area (Å²) in [5, 5.41) is 0. The molecule has 4 fully saturated rings. The van der Waals surface area contributed by atoms with E-state index in [0.717, 1.165) is 33.0 Å². The van der Waals surface area contributed by atoms with Crippen LogP contribution in [0.5, 0.6) is 0 Å². The maximum absolute atomic E-state index is 2.76. The van der Waals surface area contributed by atoms with E-state index < -0.39 is 0 Å². The standard InChI is InChI=1S/C19H33N2P/c1-18(2,3)17(22-4)20-5-6-21(13-20)19-10-14-7-15(11-19)9-16(8-14)12-19/h5-6,14-17,22H,7-13H2,1-4H3. The van der Waals surface area contributed by atoms with Gasteiger partial charge in [0.25, 0.3) is 0 Å². The van der Waals surface area contributed by atoms with E-state index in [9.17, 15) is 0 Å². The molecule has 3 heteroatoms. The zero-order valence-electron chi connectivity index (χ0n) is 14.8. The van der Waals surface area contributed by atoms with Gasteiger partial charge >= 0.3 is 0 Å². The van der Waals surface area contributed by atoms with Gasteiger partial charge in [-0.3, -0.25) is 0 Å². The van der Waals surface area contributed by atoms with Crippen LogP contribution < -0.4 is 0 Å². The highest BCUT2D eigenvalue weighted by molar-refractivity contribution is 7.37. The lowest BCUT2D eigenvalue weighted by molar-refractivity contribution is -0.0768. The van der Waals surface area contributed by atoms with Gasteiger partial charge in [-0.25, -0.2) is 0 Å². The lowest BCUT2D eigenvalue weighted by Gasteiger charge is -2.60. The van der Waals surface area contributed by atoms with Crippen LogP contribution in [-0.4, -0.2) is 34.5 Å². The Morgan fingerprint density at radius 3 is 2.00 bits per heavy atom. The highest BCUT2D eigenvalue weighted by Crippen LogP contribution is 2.58. The molecule has 0 N–H and O–H groups in total. The summed E-state index contributed by atoms with van der Waals surface area (Å²) in [6.07, 6.45) is 13.9. The summed E-state index contributed by atoms with van der Waals surface area (Å²) in [5.74, 6) is 3.81. The molecule has 5 aliphatic rings. The van der Waals surface area contributed by atoms with E-state index >= 15 is 0 Å². The Labute approximate surface area is 138 Å². The number of nitrogens with zero attached hydrogens (tertiary/aromatic N) is 2. The molecule has 0 amide bonds. The summed E-state index contributed by atoms with van der Waals surface area (Å²) in [4.78, 5) is 5.40. The maximum Gasteiger partial charge on any atom is 0.0905 e. The molecule has 1 aliphatic heterocycles. The summed E-state index contributed by atoms with van der Waals surface area (Å²) < 4.78 is 0. The van der Waals surface area contributed by atoms with E-state index in [1.165, 1.54) is 19.3 Å². The number of hydrogen-bond acceptors (Lipinski definition) is 2. The van der Waals surface area contributed by atoms with Gasteiger partial charge in [-0.1, -0.05) is 20.8 Å². The van der Waals surface area contributed by atoms with Crippen molar-refractivity contribution >= 4 is 8.58 Å². The van der Waals surface area contributed by atoms with Crippen LogP contribution in [0.25, 0.3) is 0 Å². The van der Waals surface area contributed by atoms with Gasteiger partial charge in [-0.05, 0) is 68.4 Å². The summed E-state index contributed by atoms with van der Waals surface area (Å²) in [5.41, 5.74) is 0.897. The Hall–Kier alpha value is -0.230. The monoisotopic (exact) mass is 320 g/mol. The van der Waals surface area contributed by atoms with Gasteiger partial charge in [0, 0.05) is 17.9 Å². The molecule has 0 radical (unpaired) electrons. The smallest absolute Gasteiger partial charge is 0.0905 e. The molecule has 2 nitrogen and oxygen atoms in total. The summed E-state index contributed by atoms with van der Waals surface area (Å²) >= 11 is 0. The summed E-state index contributed by atoms with van der Waals surface area (Å²) in [7, 11) is 0.984. The molecule has 4 bridgehead atoms. The molecule has 0 aromatic carbocycles. The van der Waals surface area contributed by atoms with Crippen molar-refractivity contribution in [3.05, 3.63) is 12.4 Å². The zero-order valence-corrected chi connectivity index (χ0v) is 15.8. The van der Waals surface area contributed by atoms with Crippen molar-refractivity contribution in [2.24, 2.45) is 23.2 Å². The van der Waals surface area contributed by atoms with Crippen molar-refractivity contribution in [2.45, 2.75) is 70.6 Å². The maximum atomic E-state index is 2.76. The minimum absolute atomic E-state index is 0.370. The molecule has 4 aliphatic carbocycles. The van der Waals surface area contributed by atoms with Gasteiger partial charge in [-0.15, -0.1) is 8.58 Å². The summed E-state index contributed by atoms with van der Waals surface area (Å²) in [6, 6.07) is 0. The zero-order chi connectivity index (χ0) is 15.5. The third-order valence-corrected chi connectivity index (χ3v) is 8.54. The van der Waals surface area contributed by atoms with Gasteiger partial charge in [0.1, 0.15) is 0 Å². The molecule has 0 aromatic rings. The van der Waals surface area contributed by atoms with Gasteiger partial charge in [-0.2, -0.15) is 0 Å². The first-order valence-electron chi connectivity index (χ1n) is 9.28. The minimum atomic E-state index is 0.370. The largest absolute Gasteiger partial charge is 0.353 e. The molecule has 0 spiro atoms. The second-order valence-electron chi connectivity index (χ2n) is 9.62. The van der Waals surface area contributed by atoms with Crippen molar-refractivity contribution in [3.63, 3.8) is 0 Å². The first-order valence-corrected chi connectivity index (χ1v) is 10.9. The average molecular weight is 320 g/mol. The molecule has 5 rings (SSSR count). The molecule has 2 atom stereocenters. The molecule has 22 heavy (non-hydrogen) atoms. The van der Waals surface area contributed by atoms with Gasteiger partial charge in [0.15, 0.2) is 0 Å². The molecule has 2 unspecified atom stereocenters. The Bertz CT molecular complexity index is 429. The molecule has 124 valence electrons. The van der Waals surface area contributed by atoms with Crippen molar-refractivity contribution in [1.29, 1.82) is 0 Å². The topological polar surface area (TPSA) is 6.48 Å². The molecule has 4 saturated carbocycles. The number of rotatable bonds is 3. The van der Waals surface area contributed by atoms with Crippen molar-refractivity contribution < 1.29 is 0 Å². The third kappa shape index (κ3) is 2.41. The van der Waals surface area contributed by atoms with Crippen molar-refractivity contribution in [2.75, 3.05) is 13.3 Å². The van der Waals surface area contributed by atoms with Crippen LogP contribution in [0.4, 0.5) is 0 Å². The second-order valence-corrected chi connectivity index (χ2v) is 10.7. The highest BCUT2D eigenvalue weighted by atomic mass is 31.1. The summed E-state index contributed by atoms with van der Waals surface area (Å²) in [6.45, 7) is 10.7. The Morgan fingerprint density at radius 1 is 1.00 bits per heavy atom. The highest BCUT2D eigenvalue weighted by Gasteiger charge is 2.53. The van der Waals surface area contributed by atoms with E-state index in [0.29, 0.717) is 16.7 Å². The Morgan fingerprint density at radius 2 is 1.55 bits per heavy atom. The minimum Gasteiger partial charge on any atom is -0.353 e. The predicted octanol–water partition coefficient (Wildman–Crippen LogP) is 4.68. The fraction of sp³-hybridized carbons (Fsp3) is 0.895. The molecular formula is C19H33N2P. The van der Waals surface area contributed by atoms with Gasteiger partial charge < -0.3 is 9.80 Å². The van der Waals surface area contributed by atoms with E-state index in [-0.39, 0.29) is 0 Å². The second kappa shape index (κ2) is 5.13. The van der Waals surface area contributed by atoms with Gasteiger partial charge in [0.05, 0.1) is 12.5 Å². The first kappa shape index (κ1) is 15.3. The van der Waals surface area contributed by atoms with Crippen LogP contribution in [0.3, 0.4) is 0 Å². The van der Waals surface area contributed by atoms with Crippen LogP contribution in [-0.2, 0) is 0 Å². The molecule has 1 heterocycles. The predicted molar refractivity (Wildman–Crippen MR) is 96.1 cm³/mol. The Kier molecular flexibility index (Phi) is 3.57.